The minimum absolute atomic E-state index is 0.0474. The molecule has 0 bridgehead atoms. The van der Waals surface area contributed by atoms with Crippen LogP contribution in [0.25, 0.3) is 0 Å². The van der Waals surface area contributed by atoms with Crippen molar-refractivity contribution >= 4 is 10.0 Å². The molecule has 4 N–H and O–H groups in total. The van der Waals surface area contributed by atoms with Gasteiger partial charge < -0.3 is 10.7 Å². The lowest BCUT2D eigenvalue weighted by Crippen LogP contribution is -2.30. The molecule has 1 aromatic rings. The predicted octanol–water partition coefficient (Wildman–Crippen LogP) is -0.904. The van der Waals surface area contributed by atoms with Crippen molar-refractivity contribution in [2.75, 3.05) is 0 Å². The van der Waals surface area contributed by atoms with Crippen molar-refractivity contribution in [3.05, 3.63) is 12.0 Å². The van der Waals surface area contributed by atoms with Gasteiger partial charge in [-0.15, -0.1) is 0 Å². The summed E-state index contributed by atoms with van der Waals surface area (Å²) < 4.78 is 25.7. The van der Waals surface area contributed by atoms with Crippen LogP contribution in [-0.4, -0.2) is 30.5 Å². The Balaban J connectivity index is 2.16. The molecule has 2 atom stereocenters. The van der Waals surface area contributed by atoms with Crippen molar-refractivity contribution in [3.63, 3.8) is 0 Å². The molecule has 1 heterocycles. The van der Waals surface area contributed by atoms with Crippen molar-refractivity contribution in [2.24, 2.45) is 5.73 Å². The molecule has 1 aliphatic carbocycles. The zero-order chi connectivity index (χ0) is 10.3. The van der Waals surface area contributed by atoms with E-state index in [-0.39, 0.29) is 17.1 Å². The number of nitrogens with two attached hydrogens (primary N) is 1. The second kappa shape index (κ2) is 3.04. The van der Waals surface area contributed by atoms with Crippen LogP contribution in [0.1, 0.15) is 12.2 Å². The van der Waals surface area contributed by atoms with Crippen LogP contribution in [0.15, 0.2) is 11.2 Å². The second-order valence-corrected chi connectivity index (χ2v) is 5.14. The maximum absolute atomic E-state index is 11.6. The first-order valence-corrected chi connectivity index (χ1v) is 5.77. The summed E-state index contributed by atoms with van der Waals surface area (Å²) in [5.74, 6) is 0.575. The number of imidazole rings is 1. The fraction of sp³-hybridized carbons (Fsp3) is 0.571. The Labute approximate surface area is 82.0 Å². The molecule has 0 saturated heterocycles. The standard InChI is InChI=1S/C7H12N4O2S/c1-4-9-3-7(10-4)14(12,13)11-6-2-5(6)8/h3,5-6,11H,2,8H2,1H3,(H,9,10). The second-order valence-electron chi connectivity index (χ2n) is 3.46. The summed E-state index contributed by atoms with van der Waals surface area (Å²) in [4.78, 5) is 6.49. The van der Waals surface area contributed by atoms with Crippen LogP contribution >= 0.6 is 0 Å². The number of nitrogens with zero attached hydrogens (tertiary/aromatic N) is 1. The SMILES string of the molecule is Cc1ncc(S(=O)(=O)NC2CC2N)[nH]1. The maximum Gasteiger partial charge on any atom is 0.257 e. The van der Waals surface area contributed by atoms with Gasteiger partial charge in [-0.1, -0.05) is 0 Å². The molecule has 1 aromatic heterocycles. The van der Waals surface area contributed by atoms with E-state index in [9.17, 15) is 8.42 Å². The van der Waals surface area contributed by atoms with E-state index in [2.05, 4.69) is 14.7 Å². The highest BCUT2D eigenvalue weighted by Gasteiger charge is 2.37. The molecule has 0 amide bonds. The Kier molecular flexibility index (Phi) is 2.09. The lowest BCUT2D eigenvalue weighted by atomic mass is 10.7. The summed E-state index contributed by atoms with van der Waals surface area (Å²) in [6, 6.07) is -0.169. The quantitative estimate of drug-likeness (QED) is 0.609. The van der Waals surface area contributed by atoms with Gasteiger partial charge in [-0.3, -0.25) is 0 Å². The number of aryl methyl sites for hydroxylation is 1. The maximum atomic E-state index is 11.6. The number of aromatic nitrogens is 2. The van der Waals surface area contributed by atoms with E-state index in [4.69, 9.17) is 5.73 Å². The third kappa shape index (κ3) is 1.79. The Morgan fingerprint density at radius 1 is 1.71 bits per heavy atom. The Bertz CT molecular complexity index is 438. The molecule has 2 rings (SSSR count). The van der Waals surface area contributed by atoms with Crippen LogP contribution in [0.5, 0.6) is 0 Å². The summed E-state index contributed by atoms with van der Waals surface area (Å²) in [6.07, 6.45) is 2.00. The highest BCUT2D eigenvalue weighted by molar-refractivity contribution is 7.89. The predicted molar refractivity (Wildman–Crippen MR) is 50.0 cm³/mol. The first-order valence-electron chi connectivity index (χ1n) is 4.28. The highest BCUT2D eigenvalue weighted by Crippen LogP contribution is 2.20. The fourth-order valence-corrected chi connectivity index (χ4v) is 2.42. The summed E-state index contributed by atoms with van der Waals surface area (Å²) in [6.45, 7) is 1.70. The van der Waals surface area contributed by atoms with Gasteiger partial charge in [0.25, 0.3) is 10.0 Å². The first kappa shape index (κ1) is 9.63. The van der Waals surface area contributed by atoms with Gasteiger partial charge >= 0.3 is 0 Å². The molecule has 2 unspecified atom stereocenters. The summed E-state index contributed by atoms with van der Waals surface area (Å²) in [5, 5.41) is 0.0918. The Hall–Kier alpha value is -0.920. The van der Waals surface area contributed by atoms with E-state index < -0.39 is 10.0 Å². The van der Waals surface area contributed by atoms with Crippen LogP contribution in [0, 0.1) is 6.92 Å². The Morgan fingerprint density at radius 2 is 2.36 bits per heavy atom. The van der Waals surface area contributed by atoms with E-state index in [1.807, 2.05) is 0 Å². The molecule has 1 saturated carbocycles. The third-order valence-electron chi connectivity index (χ3n) is 2.12. The van der Waals surface area contributed by atoms with E-state index in [1.165, 1.54) is 6.20 Å². The van der Waals surface area contributed by atoms with E-state index in [0.717, 1.165) is 0 Å². The Morgan fingerprint density at radius 3 is 2.79 bits per heavy atom. The van der Waals surface area contributed by atoms with E-state index >= 15 is 0 Å². The van der Waals surface area contributed by atoms with E-state index in [0.29, 0.717) is 12.2 Å². The first-order chi connectivity index (χ1) is 6.49. The van der Waals surface area contributed by atoms with Gasteiger partial charge in [-0.25, -0.2) is 18.1 Å². The minimum Gasteiger partial charge on any atom is -0.332 e. The topological polar surface area (TPSA) is 101 Å². The molecule has 0 spiro atoms. The number of nitrogens with one attached hydrogen (secondary N) is 2. The third-order valence-corrected chi connectivity index (χ3v) is 3.51. The van der Waals surface area contributed by atoms with Gasteiger partial charge in [0.1, 0.15) is 5.82 Å². The minimum atomic E-state index is -3.46. The highest BCUT2D eigenvalue weighted by atomic mass is 32.2. The average molecular weight is 216 g/mol. The zero-order valence-electron chi connectivity index (χ0n) is 7.69. The molecular weight excluding hydrogens is 204 g/mol. The molecule has 1 fully saturated rings. The molecule has 0 aromatic carbocycles. The van der Waals surface area contributed by atoms with Gasteiger partial charge in [-0.2, -0.15) is 0 Å². The molecule has 0 radical (unpaired) electrons. The number of sulfonamides is 1. The number of rotatable bonds is 3. The van der Waals surface area contributed by atoms with Crippen molar-refractivity contribution in [1.82, 2.24) is 14.7 Å². The molecule has 0 aliphatic heterocycles. The van der Waals surface area contributed by atoms with Crippen LogP contribution in [0.2, 0.25) is 0 Å². The van der Waals surface area contributed by atoms with Crippen molar-refractivity contribution in [3.8, 4) is 0 Å². The zero-order valence-corrected chi connectivity index (χ0v) is 8.50. The molecule has 78 valence electrons. The summed E-state index contributed by atoms with van der Waals surface area (Å²) >= 11 is 0. The van der Waals surface area contributed by atoms with Gasteiger partial charge in [0.2, 0.25) is 0 Å². The van der Waals surface area contributed by atoms with Crippen LogP contribution in [0.4, 0.5) is 0 Å². The molecule has 6 nitrogen and oxygen atoms in total. The average Bonchev–Trinajstić information content (AvgIpc) is 2.61. The molecular formula is C7H12N4O2S. The number of hydrogen-bond donors (Lipinski definition) is 3. The summed E-state index contributed by atoms with van der Waals surface area (Å²) in [5.41, 5.74) is 5.50. The van der Waals surface area contributed by atoms with Gasteiger partial charge in [0.15, 0.2) is 5.03 Å². The largest absolute Gasteiger partial charge is 0.332 e. The van der Waals surface area contributed by atoms with Gasteiger partial charge in [0.05, 0.1) is 6.20 Å². The fourth-order valence-electron chi connectivity index (χ4n) is 1.15. The van der Waals surface area contributed by atoms with Crippen LogP contribution in [0.3, 0.4) is 0 Å². The van der Waals surface area contributed by atoms with Crippen LogP contribution < -0.4 is 10.5 Å². The van der Waals surface area contributed by atoms with Crippen molar-refractivity contribution in [2.45, 2.75) is 30.5 Å². The van der Waals surface area contributed by atoms with Crippen LogP contribution in [-0.2, 0) is 10.0 Å². The molecule has 7 heteroatoms. The van der Waals surface area contributed by atoms with Crippen molar-refractivity contribution < 1.29 is 8.42 Å². The van der Waals surface area contributed by atoms with Gasteiger partial charge in [0, 0.05) is 12.1 Å². The lowest BCUT2D eigenvalue weighted by Gasteiger charge is -2.01. The van der Waals surface area contributed by atoms with Crippen molar-refractivity contribution in [1.29, 1.82) is 0 Å². The normalized spacial score (nSPS) is 26.4. The van der Waals surface area contributed by atoms with E-state index in [1.54, 1.807) is 6.92 Å². The molecule has 1 aliphatic rings. The number of aromatic amines is 1. The number of H-pyrrole nitrogens is 1. The number of hydrogen-bond acceptors (Lipinski definition) is 4. The molecule has 14 heavy (non-hydrogen) atoms. The smallest absolute Gasteiger partial charge is 0.257 e. The lowest BCUT2D eigenvalue weighted by molar-refractivity contribution is 0.576. The monoisotopic (exact) mass is 216 g/mol. The van der Waals surface area contributed by atoms with Gasteiger partial charge in [-0.05, 0) is 13.3 Å². The summed E-state index contributed by atoms with van der Waals surface area (Å²) in [7, 11) is -3.46.